The van der Waals surface area contributed by atoms with Gasteiger partial charge in [0.1, 0.15) is 5.84 Å². The van der Waals surface area contributed by atoms with Gasteiger partial charge < -0.3 is 10.6 Å². The number of nitrogens with one attached hydrogen (secondary N) is 2. The van der Waals surface area contributed by atoms with Gasteiger partial charge in [0.15, 0.2) is 0 Å². The first-order valence-electron chi connectivity index (χ1n) is 10.3. The predicted molar refractivity (Wildman–Crippen MR) is 116 cm³/mol. The molecular formula is C22H26N4O3S. The number of amidine groups is 1. The van der Waals surface area contributed by atoms with Crippen LogP contribution in [0.15, 0.2) is 58.4 Å². The molecule has 2 N–H and O–H groups in total. The van der Waals surface area contributed by atoms with Crippen LogP contribution >= 0.6 is 0 Å². The van der Waals surface area contributed by atoms with Gasteiger partial charge in [-0.1, -0.05) is 24.3 Å². The van der Waals surface area contributed by atoms with Crippen molar-refractivity contribution in [3.05, 3.63) is 65.2 Å². The third-order valence-corrected chi connectivity index (χ3v) is 7.34. The van der Waals surface area contributed by atoms with Crippen molar-refractivity contribution >= 4 is 21.8 Å². The number of carbonyl (C=O) groups is 1. The Morgan fingerprint density at radius 2 is 1.73 bits per heavy atom. The summed E-state index contributed by atoms with van der Waals surface area (Å²) < 4.78 is 26.6. The summed E-state index contributed by atoms with van der Waals surface area (Å²) in [7, 11) is -3.45. The number of sulfonamides is 1. The topological polar surface area (TPSA) is 90.9 Å². The number of amides is 1. The highest BCUT2D eigenvalue weighted by molar-refractivity contribution is 7.89. The van der Waals surface area contributed by atoms with Gasteiger partial charge in [-0.3, -0.25) is 9.79 Å². The average molecular weight is 427 g/mol. The minimum Gasteiger partial charge on any atom is -0.370 e. The van der Waals surface area contributed by atoms with Crippen molar-refractivity contribution in [2.45, 2.75) is 30.7 Å². The Hall–Kier alpha value is -2.71. The van der Waals surface area contributed by atoms with E-state index in [1.54, 1.807) is 12.1 Å². The van der Waals surface area contributed by atoms with E-state index in [1.165, 1.54) is 22.0 Å². The summed E-state index contributed by atoms with van der Waals surface area (Å²) in [5, 5.41) is 6.21. The Bertz CT molecular complexity index is 1040. The second-order valence-electron chi connectivity index (χ2n) is 7.49. The average Bonchev–Trinajstić information content (AvgIpc) is 3.44. The summed E-state index contributed by atoms with van der Waals surface area (Å²) in [5.74, 6) is 0.704. The quantitative estimate of drug-likeness (QED) is 0.664. The highest BCUT2D eigenvalue weighted by atomic mass is 32.2. The molecule has 0 bridgehead atoms. The molecule has 0 radical (unpaired) electrons. The maximum atomic E-state index is 12.6. The monoisotopic (exact) mass is 426 g/mol. The number of nitrogens with zero attached hydrogens (tertiary/aromatic N) is 2. The molecule has 2 aromatic carbocycles. The molecule has 0 aliphatic carbocycles. The van der Waals surface area contributed by atoms with Crippen molar-refractivity contribution < 1.29 is 13.2 Å². The van der Waals surface area contributed by atoms with Crippen LogP contribution in [0.2, 0.25) is 0 Å². The van der Waals surface area contributed by atoms with E-state index in [9.17, 15) is 13.2 Å². The van der Waals surface area contributed by atoms with Crippen LogP contribution in [0.1, 0.15) is 40.7 Å². The van der Waals surface area contributed by atoms with E-state index in [1.807, 2.05) is 12.1 Å². The van der Waals surface area contributed by atoms with Gasteiger partial charge in [0.05, 0.1) is 11.4 Å². The lowest BCUT2D eigenvalue weighted by Gasteiger charge is -2.15. The van der Waals surface area contributed by atoms with Crippen molar-refractivity contribution in [1.82, 2.24) is 14.9 Å². The highest BCUT2D eigenvalue weighted by Gasteiger charge is 2.27. The molecule has 158 valence electrons. The number of benzene rings is 2. The third-order valence-electron chi connectivity index (χ3n) is 5.43. The SMILES string of the molecule is O=C(NCCCNC1=NCc2ccccc21)c1ccc(S(=O)(=O)N2CCCC2)cc1. The van der Waals surface area contributed by atoms with Crippen molar-refractivity contribution in [3.63, 3.8) is 0 Å². The van der Waals surface area contributed by atoms with Gasteiger partial charge in [0.2, 0.25) is 10.0 Å². The third kappa shape index (κ3) is 4.39. The summed E-state index contributed by atoms with van der Waals surface area (Å²) in [6.45, 7) is 3.07. The van der Waals surface area contributed by atoms with Crippen LogP contribution in [0.3, 0.4) is 0 Å². The lowest BCUT2D eigenvalue weighted by atomic mass is 10.1. The van der Waals surface area contributed by atoms with E-state index in [0.29, 0.717) is 38.3 Å². The Morgan fingerprint density at radius 1 is 1.00 bits per heavy atom. The minimum atomic E-state index is -3.45. The molecule has 0 atom stereocenters. The number of hydrogen-bond acceptors (Lipinski definition) is 5. The molecule has 2 heterocycles. The van der Waals surface area contributed by atoms with Crippen LogP contribution in [-0.2, 0) is 16.6 Å². The molecule has 0 unspecified atom stereocenters. The molecule has 8 heteroatoms. The van der Waals surface area contributed by atoms with E-state index >= 15 is 0 Å². The van der Waals surface area contributed by atoms with E-state index in [2.05, 4.69) is 27.8 Å². The van der Waals surface area contributed by atoms with Gasteiger partial charge in [-0.05, 0) is 49.1 Å². The number of carbonyl (C=O) groups excluding carboxylic acids is 1. The van der Waals surface area contributed by atoms with Crippen molar-refractivity contribution in [2.24, 2.45) is 4.99 Å². The zero-order chi connectivity index (χ0) is 21.0. The molecule has 0 spiro atoms. The van der Waals surface area contributed by atoms with E-state index in [4.69, 9.17) is 0 Å². The fourth-order valence-electron chi connectivity index (χ4n) is 3.74. The molecule has 0 saturated carbocycles. The summed E-state index contributed by atoms with van der Waals surface area (Å²) in [6, 6.07) is 14.3. The van der Waals surface area contributed by atoms with Gasteiger partial charge >= 0.3 is 0 Å². The van der Waals surface area contributed by atoms with E-state index in [-0.39, 0.29) is 10.8 Å². The fraction of sp³-hybridized carbons (Fsp3) is 0.364. The summed E-state index contributed by atoms with van der Waals surface area (Å²) in [5.41, 5.74) is 2.83. The predicted octanol–water partition coefficient (Wildman–Crippen LogP) is 2.14. The smallest absolute Gasteiger partial charge is 0.251 e. The Labute approximate surface area is 177 Å². The van der Waals surface area contributed by atoms with Gasteiger partial charge in [0.25, 0.3) is 5.91 Å². The molecule has 1 fully saturated rings. The Morgan fingerprint density at radius 3 is 2.50 bits per heavy atom. The van der Waals surface area contributed by atoms with Crippen LogP contribution < -0.4 is 10.6 Å². The van der Waals surface area contributed by atoms with Crippen molar-refractivity contribution in [1.29, 1.82) is 0 Å². The zero-order valence-corrected chi connectivity index (χ0v) is 17.6. The van der Waals surface area contributed by atoms with Gasteiger partial charge in [0, 0.05) is 37.3 Å². The number of hydrogen-bond donors (Lipinski definition) is 2. The Kier molecular flexibility index (Phi) is 6.15. The summed E-state index contributed by atoms with van der Waals surface area (Å²) in [4.78, 5) is 17.1. The molecular weight excluding hydrogens is 400 g/mol. The molecule has 0 aromatic heterocycles. The first-order chi connectivity index (χ1) is 14.6. The first-order valence-corrected chi connectivity index (χ1v) is 11.7. The highest BCUT2D eigenvalue weighted by Crippen LogP contribution is 2.21. The lowest BCUT2D eigenvalue weighted by Crippen LogP contribution is -2.30. The summed E-state index contributed by atoms with van der Waals surface area (Å²) >= 11 is 0. The second kappa shape index (κ2) is 8.97. The number of rotatable bonds is 7. The van der Waals surface area contributed by atoms with Crippen LogP contribution in [0, 0.1) is 0 Å². The van der Waals surface area contributed by atoms with Crippen LogP contribution in [0.4, 0.5) is 0 Å². The Balaban J connectivity index is 1.23. The molecule has 1 saturated heterocycles. The largest absolute Gasteiger partial charge is 0.370 e. The maximum Gasteiger partial charge on any atom is 0.251 e. The molecule has 2 aliphatic rings. The molecule has 30 heavy (non-hydrogen) atoms. The molecule has 4 rings (SSSR count). The van der Waals surface area contributed by atoms with Gasteiger partial charge in [-0.2, -0.15) is 4.31 Å². The van der Waals surface area contributed by atoms with Crippen molar-refractivity contribution in [2.75, 3.05) is 26.2 Å². The molecule has 1 amide bonds. The number of aliphatic imine (C=N–C) groups is 1. The second-order valence-corrected chi connectivity index (χ2v) is 9.43. The lowest BCUT2D eigenvalue weighted by molar-refractivity contribution is 0.0953. The van der Waals surface area contributed by atoms with E-state index in [0.717, 1.165) is 30.7 Å². The van der Waals surface area contributed by atoms with Crippen molar-refractivity contribution in [3.8, 4) is 0 Å². The number of fused-ring (bicyclic) bond motifs is 1. The minimum absolute atomic E-state index is 0.205. The maximum absolute atomic E-state index is 12.6. The first kappa shape index (κ1) is 20.6. The summed E-state index contributed by atoms with van der Waals surface area (Å²) in [6.07, 6.45) is 2.55. The van der Waals surface area contributed by atoms with Gasteiger partial charge in [-0.25, -0.2) is 8.42 Å². The molecule has 7 nitrogen and oxygen atoms in total. The van der Waals surface area contributed by atoms with Crippen LogP contribution in [0.25, 0.3) is 0 Å². The van der Waals surface area contributed by atoms with Crippen LogP contribution in [0.5, 0.6) is 0 Å². The fourth-order valence-corrected chi connectivity index (χ4v) is 5.26. The van der Waals surface area contributed by atoms with Gasteiger partial charge in [-0.15, -0.1) is 0 Å². The zero-order valence-electron chi connectivity index (χ0n) is 16.8. The molecule has 2 aromatic rings. The normalized spacial score (nSPS) is 16.2. The molecule has 2 aliphatic heterocycles. The standard InChI is InChI=1S/C22H26N4O3S/c27-22(17-8-10-19(11-9-17)30(28,29)26-14-3-4-15-26)24-13-5-12-23-21-20-7-2-1-6-18(20)16-25-21/h1-2,6-11H,3-5,12-16H2,(H,23,25)(H,24,27). The van der Waals surface area contributed by atoms with Crippen LogP contribution in [-0.4, -0.2) is 50.6 Å². The van der Waals surface area contributed by atoms with E-state index < -0.39 is 10.0 Å².